The molecule has 1 aliphatic rings. The van der Waals surface area contributed by atoms with E-state index in [-0.39, 0.29) is 6.04 Å². The molecule has 0 fully saturated rings. The van der Waals surface area contributed by atoms with Gasteiger partial charge in [-0.2, -0.15) is 0 Å². The molecule has 0 spiro atoms. The van der Waals surface area contributed by atoms with Crippen molar-refractivity contribution in [2.45, 2.75) is 18.9 Å². The van der Waals surface area contributed by atoms with Gasteiger partial charge in [0.25, 0.3) is 0 Å². The summed E-state index contributed by atoms with van der Waals surface area (Å²) in [7, 11) is 0. The van der Waals surface area contributed by atoms with Crippen LogP contribution < -0.4 is 11.5 Å². The highest BCUT2D eigenvalue weighted by atomic mass is 35.5. The number of hydrogen-bond donors (Lipinski definition) is 2. The van der Waals surface area contributed by atoms with E-state index in [1.54, 1.807) is 0 Å². The molecule has 0 saturated carbocycles. The van der Waals surface area contributed by atoms with Gasteiger partial charge < -0.3 is 11.5 Å². The Morgan fingerprint density at radius 1 is 1.42 bits per heavy atom. The molecule has 0 unspecified atom stereocenters. The van der Waals surface area contributed by atoms with Crippen molar-refractivity contribution in [3.05, 3.63) is 28.3 Å². The average molecular weight is 183 g/mol. The maximum atomic E-state index is 5.87. The van der Waals surface area contributed by atoms with Crippen LogP contribution in [-0.4, -0.2) is 0 Å². The highest BCUT2D eigenvalue weighted by molar-refractivity contribution is 6.33. The van der Waals surface area contributed by atoms with E-state index in [0.29, 0.717) is 10.7 Å². The second kappa shape index (κ2) is 2.64. The molecule has 1 aromatic carbocycles. The fourth-order valence-electron chi connectivity index (χ4n) is 1.73. The quantitative estimate of drug-likeness (QED) is 0.602. The predicted octanol–water partition coefficient (Wildman–Crippen LogP) is 1.87. The van der Waals surface area contributed by atoms with Gasteiger partial charge in [0.2, 0.25) is 0 Å². The highest BCUT2D eigenvalue weighted by Gasteiger charge is 2.21. The van der Waals surface area contributed by atoms with Gasteiger partial charge >= 0.3 is 0 Å². The highest BCUT2D eigenvalue weighted by Crippen LogP contribution is 2.36. The Balaban J connectivity index is 2.60. The van der Waals surface area contributed by atoms with Crippen LogP contribution in [-0.2, 0) is 6.42 Å². The van der Waals surface area contributed by atoms with Crippen molar-refractivity contribution >= 4 is 17.3 Å². The first-order valence-corrected chi connectivity index (χ1v) is 4.40. The van der Waals surface area contributed by atoms with Gasteiger partial charge in [-0.15, -0.1) is 0 Å². The number of halogens is 1. The van der Waals surface area contributed by atoms with Gasteiger partial charge in [0, 0.05) is 6.04 Å². The minimum Gasteiger partial charge on any atom is -0.397 e. The van der Waals surface area contributed by atoms with Gasteiger partial charge in [-0.25, -0.2) is 0 Å². The Labute approximate surface area is 76.5 Å². The fraction of sp³-hybridized carbons (Fsp3) is 0.333. The van der Waals surface area contributed by atoms with Gasteiger partial charge in [0.05, 0.1) is 10.7 Å². The molecule has 0 aliphatic heterocycles. The van der Waals surface area contributed by atoms with Crippen LogP contribution in [0.25, 0.3) is 0 Å². The zero-order valence-electron chi connectivity index (χ0n) is 6.68. The first kappa shape index (κ1) is 7.90. The third kappa shape index (κ3) is 0.993. The smallest absolute Gasteiger partial charge is 0.0638 e. The lowest BCUT2D eigenvalue weighted by Crippen LogP contribution is -2.05. The van der Waals surface area contributed by atoms with E-state index in [4.69, 9.17) is 23.1 Å². The van der Waals surface area contributed by atoms with Gasteiger partial charge in [0.15, 0.2) is 0 Å². The molecule has 2 rings (SSSR count). The zero-order chi connectivity index (χ0) is 8.72. The molecular weight excluding hydrogens is 172 g/mol. The van der Waals surface area contributed by atoms with E-state index in [0.717, 1.165) is 24.0 Å². The molecule has 0 radical (unpaired) electrons. The molecule has 1 atom stereocenters. The molecule has 4 N–H and O–H groups in total. The summed E-state index contributed by atoms with van der Waals surface area (Å²) in [5, 5.41) is 0.642. The maximum Gasteiger partial charge on any atom is 0.0638 e. The van der Waals surface area contributed by atoms with E-state index in [9.17, 15) is 0 Å². The molecular formula is C9H11ClN2. The van der Waals surface area contributed by atoms with Crippen molar-refractivity contribution < 1.29 is 0 Å². The fourth-order valence-corrected chi connectivity index (χ4v) is 1.91. The molecule has 3 heteroatoms. The predicted molar refractivity (Wildman–Crippen MR) is 51.1 cm³/mol. The van der Waals surface area contributed by atoms with Gasteiger partial charge in [-0.1, -0.05) is 17.7 Å². The van der Waals surface area contributed by atoms with Crippen LogP contribution >= 0.6 is 11.6 Å². The number of fused-ring (bicyclic) bond motifs is 1. The second-order valence-electron chi connectivity index (χ2n) is 3.17. The Kier molecular flexibility index (Phi) is 1.74. The van der Waals surface area contributed by atoms with Crippen molar-refractivity contribution in [3.8, 4) is 0 Å². The Bertz CT molecular complexity index is 323. The summed E-state index contributed by atoms with van der Waals surface area (Å²) < 4.78 is 0. The molecule has 0 amide bonds. The number of nitrogens with two attached hydrogens (primary N) is 2. The Hall–Kier alpha value is -0.730. The summed E-state index contributed by atoms with van der Waals surface area (Å²) in [5.74, 6) is 0. The lowest BCUT2D eigenvalue weighted by atomic mass is 10.1. The number of rotatable bonds is 0. The molecule has 1 aliphatic carbocycles. The third-order valence-electron chi connectivity index (χ3n) is 2.44. The van der Waals surface area contributed by atoms with Crippen LogP contribution in [0.15, 0.2) is 12.1 Å². The maximum absolute atomic E-state index is 5.87. The van der Waals surface area contributed by atoms with Crippen LogP contribution in [0, 0.1) is 0 Å². The summed E-state index contributed by atoms with van der Waals surface area (Å²) in [6.07, 6.45) is 1.95. The minimum atomic E-state index is 0.152. The van der Waals surface area contributed by atoms with Gasteiger partial charge in [-0.05, 0) is 30.0 Å². The van der Waals surface area contributed by atoms with Crippen LogP contribution in [0.3, 0.4) is 0 Å². The van der Waals surface area contributed by atoms with E-state index < -0.39 is 0 Å². The van der Waals surface area contributed by atoms with Crippen LogP contribution in [0.4, 0.5) is 5.69 Å². The molecule has 0 bridgehead atoms. The minimum absolute atomic E-state index is 0.152. The Morgan fingerprint density at radius 2 is 2.17 bits per heavy atom. The topological polar surface area (TPSA) is 52.0 Å². The monoisotopic (exact) mass is 182 g/mol. The SMILES string of the molecule is Nc1c(Cl)ccc2c1CC[C@H]2N. The summed E-state index contributed by atoms with van der Waals surface area (Å²) >= 11 is 5.87. The summed E-state index contributed by atoms with van der Waals surface area (Å²) in [6, 6.07) is 3.95. The lowest BCUT2D eigenvalue weighted by molar-refractivity contribution is 0.713. The molecule has 12 heavy (non-hydrogen) atoms. The average Bonchev–Trinajstić information content (AvgIpc) is 2.41. The summed E-state index contributed by atoms with van der Waals surface area (Å²) in [6.45, 7) is 0. The van der Waals surface area contributed by atoms with Crippen molar-refractivity contribution in [3.63, 3.8) is 0 Å². The van der Waals surface area contributed by atoms with Crippen LogP contribution in [0.2, 0.25) is 5.02 Å². The Morgan fingerprint density at radius 3 is 2.92 bits per heavy atom. The van der Waals surface area contributed by atoms with Crippen molar-refractivity contribution in [1.29, 1.82) is 0 Å². The van der Waals surface area contributed by atoms with Gasteiger partial charge in [0.1, 0.15) is 0 Å². The molecule has 2 nitrogen and oxygen atoms in total. The number of hydrogen-bond acceptors (Lipinski definition) is 2. The molecule has 1 aromatic rings. The van der Waals surface area contributed by atoms with E-state index in [1.165, 1.54) is 0 Å². The molecule has 0 heterocycles. The lowest BCUT2D eigenvalue weighted by Gasteiger charge is -2.07. The summed E-state index contributed by atoms with van der Waals surface area (Å²) in [5.41, 5.74) is 14.7. The van der Waals surface area contributed by atoms with E-state index in [2.05, 4.69) is 0 Å². The molecule has 64 valence electrons. The first-order valence-electron chi connectivity index (χ1n) is 4.02. The first-order chi connectivity index (χ1) is 5.70. The van der Waals surface area contributed by atoms with Crippen molar-refractivity contribution in [2.75, 3.05) is 5.73 Å². The number of anilines is 1. The summed E-state index contributed by atoms with van der Waals surface area (Å²) in [4.78, 5) is 0. The van der Waals surface area contributed by atoms with E-state index in [1.807, 2.05) is 12.1 Å². The molecule has 0 saturated heterocycles. The van der Waals surface area contributed by atoms with Crippen molar-refractivity contribution in [1.82, 2.24) is 0 Å². The second-order valence-corrected chi connectivity index (χ2v) is 3.58. The normalized spacial score (nSPS) is 21.0. The third-order valence-corrected chi connectivity index (χ3v) is 2.77. The molecule has 0 aromatic heterocycles. The number of nitrogen functional groups attached to an aromatic ring is 1. The standard InChI is InChI=1S/C9H11ClN2/c10-7-3-1-5-6(9(7)12)2-4-8(5)11/h1,3,8H,2,4,11-12H2/t8-/m1/s1. The largest absolute Gasteiger partial charge is 0.397 e. The van der Waals surface area contributed by atoms with Crippen LogP contribution in [0.5, 0.6) is 0 Å². The van der Waals surface area contributed by atoms with Crippen molar-refractivity contribution in [2.24, 2.45) is 5.73 Å². The zero-order valence-corrected chi connectivity index (χ0v) is 7.43. The van der Waals surface area contributed by atoms with E-state index >= 15 is 0 Å². The van der Waals surface area contributed by atoms with Crippen LogP contribution in [0.1, 0.15) is 23.6 Å². The van der Waals surface area contributed by atoms with Gasteiger partial charge in [-0.3, -0.25) is 0 Å². The number of benzene rings is 1.